The van der Waals surface area contributed by atoms with Crippen LogP contribution in [-0.2, 0) is 17.3 Å². The largest absolute Gasteiger partial charge is 0.507 e. The average Bonchev–Trinajstić information content (AvgIpc) is 3.00. The van der Waals surface area contributed by atoms with E-state index in [1.54, 1.807) is 0 Å². The first-order chi connectivity index (χ1) is 14.9. The van der Waals surface area contributed by atoms with Crippen molar-refractivity contribution in [3.8, 4) is 22.9 Å². The van der Waals surface area contributed by atoms with Crippen LogP contribution in [0.4, 0.5) is 0 Å². The predicted octanol–water partition coefficient (Wildman–Crippen LogP) is 6.30. The van der Waals surface area contributed by atoms with E-state index in [4.69, 9.17) is 14.5 Å². The summed E-state index contributed by atoms with van der Waals surface area (Å²) in [7, 11) is 0. The molecule has 1 aliphatic rings. The van der Waals surface area contributed by atoms with E-state index < -0.39 is 0 Å². The summed E-state index contributed by atoms with van der Waals surface area (Å²) in [4.78, 5) is 5.01. The van der Waals surface area contributed by atoms with Crippen LogP contribution in [0.15, 0.2) is 24.3 Å². The molecular formula is C27H36N2O3. The number of nitrogens with zero attached hydrogens (tertiary/aromatic N) is 2. The standard InChI is InChI=1S/C27H36N2O3/c1-16(2)11-24-28-20-14-22-23(32-10-9-31-22)15-21(20)29(24)17-12-18(26(3,4)5)25(30)19(13-17)27(6,7)8/h12-16,30H,9-11H2,1-8H3. The van der Waals surface area contributed by atoms with Crippen LogP contribution in [0.5, 0.6) is 17.2 Å². The highest BCUT2D eigenvalue weighted by molar-refractivity contribution is 5.83. The Balaban J connectivity index is 2.05. The first-order valence-electron chi connectivity index (χ1n) is 11.6. The van der Waals surface area contributed by atoms with E-state index in [1.165, 1.54) is 0 Å². The van der Waals surface area contributed by atoms with Crippen LogP contribution in [0.3, 0.4) is 0 Å². The van der Waals surface area contributed by atoms with E-state index in [0.717, 1.165) is 51.6 Å². The molecule has 2 aromatic carbocycles. The van der Waals surface area contributed by atoms with E-state index in [-0.39, 0.29) is 10.8 Å². The molecule has 3 aromatic rings. The third-order valence-corrected chi connectivity index (χ3v) is 5.95. The van der Waals surface area contributed by atoms with E-state index in [2.05, 4.69) is 72.1 Å². The maximum Gasteiger partial charge on any atom is 0.163 e. The highest BCUT2D eigenvalue weighted by Gasteiger charge is 2.28. The molecule has 0 aliphatic carbocycles. The van der Waals surface area contributed by atoms with Gasteiger partial charge in [-0.3, -0.25) is 4.57 Å². The average molecular weight is 437 g/mol. The van der Waals surface area contributed by atoms with E-state index in [9.17, 15) is 5.11 Å². The lowest BCUT2D eigenvalue weighted by molar-refractivity contribution is 0.172. The predicted molar refractivity (Wildman–Crippen MR) is 130 cm³/mol. The number of hydrogen-bond donors (Lipinski definition) is 1. The van der Waals surface area contributed by atoms with E-state index >= 15 is 0 Å². The molecule has 0 saturated heterocycles. The van der Waals surface area contributed by atoms with Crippen molar-refractivity contribution in [2.75, 3.05) is 13.2 Å². The highest BCUT2D eigenvalue weighted by Crippen LogP contribution is 2.42. The minimum atomic E-state index is -0.204. The molecule has 5 nitrogen and oxygen atoms in total. The van der Waals surface area contributed by atoms with Crippen LogP contribution in [0.2, 0.25) is 0 Å². The molecule has 4 rings (SSSR count). The molecule has 2 heterocycles. The number of aromatic nitrogens is 2. The number of hydrogen-bond acceptors (Lipinski definition) is 4. The summed E-state index contributed by atoms with van der Waals surface area (Å²) in [6.45, 7) is 18.4. The van der Waals surface area contributed by atoms with Crippen LogP contribution in [0.1, 0.15) is 72.3 Å². The molecule has 5 heteroatoms. The van der Waals surface area contributed by atoms with Crippen molar-refractivity contribution >= 4 is 11.0 Å². The molecule has 0 amide bonds. The first-order valence-corrected chi connectivity index (χ1v) is 11.6. The van der Waals surface area contributed by atoms with Crippen molar-refractivity contribution in [3.63, 3.8) is 0 Å². The molecule has 1 N–H and O–H groups in total. The van der Waals surface area contributed by atoms with Gasteiger partial charge in [0.05, 0.1) is 11.0 Å². The SMILES string of the molecule is CC(C)Cc1nc2cc3c(cc2n1-c1cc(C(C)(C)C)c(O)c(C(C)(C)C)c1)OCCO3. The molecule has 0 atom stereocenters. The second kappa shape index (κ2) is 7.72. The number of aromatic hydroxyl groups is 1. The Morgan fingerprint density at radius 1 is 0.906 bits per heavy atom. The number of fused-ring (bicyclic) bond motifs is 2. The lowest BCUT2D eigenvalue weighted by Gasteiger charge is -2.29. The van der Waals surface area contributed by atoms with Crippen molar-refractivity contribution < 1.29 is 14.6 Å². The van der Waals surface area contributed by atoms with Gasteiger partial charge in [0.1, 0.15) is 24.8 Å². The van der Waals surface area contributed by atoms with Crippen molar-refractivity contribution in [1.29, 1.82) is 0 Å². The Morgan fingerprint density at radius 2 is 1.44 bits per heavy atom. The summed E-state index contributed by atoms with van der Waals surface area (Å²) in [6.07, 6.45) is 0.845. The minimum Gasteiger partial charge on any atom is -0.507 e. The quantitative estimate of drug-likeness (QED) is 0.524. The van der Waals surface area contributed by atoms with Crippen LogP contribution < -0.4 is 9.47 Å². The summed E-state index contributed by atoms with van der Waals surface area (Å²) in [6, 6.07) is 8.26. The molecule has 172 valence electrons. The second-order valence-electron chi connectivity index (χ2n) is 11.3. The van der Waals surface area contributed by atoms with Gasteiger partial charge in [-0.1, -0.05) is 55.4 Å². The van der Waals surface area contributed by atoms with Crippen LogP contribution in [0, 0.1) is 5.92 Å². The van der Waals surface area contributed by atoms with Gasteiger partial charge in [-0.15, -0.1) is 0 Å². The topological polar surface area (TPSA) is 56.5 Å². The zero-order chi connectivity index (χ0) is 23.4. The molecule has 1 aliphatic heterocycles. The summed E-state index contributed by atoms with van der Waals surface area (Å²) in [5.74, 6) is 3.35. The third kappa shape index (κ3) is 4.05. The van der Waals surface area contributed by atoms with Crippen LogP contribution in [0.25, 0.3) is 16.7 Å². The zero-order valence-electron chi connectivity index (χ0n) is 20.7. The Morgan fingerprint density at radius 3 is 1.94 bits per heavy atom. The fourth-order valence-corrected chi connectivity index (χ4v) is 4.35. The molecule has 0 fully saturated rings. The third-order valence-electron chi connectivity index (χ3n) is 5.95. The number of ether oxygens (including phenoxy) is 2. The van der Waals surface area contributed by atoms with Crippen molar-refractivity contribution in [2.24, 2.45) is 5.92 Å². The maximum atomic E-state index is 11.2. The number of rotatable bonds is 3. The smallest absolute Gasteiger partial charge is 0.163 e. The van der Waals surface area contributed by atoms with Gasteiger partial charge in [0.25, 0.3) is 0 Å². The maximum absolute atomic E-state index is 11.2. The molecule has 0 bridgehead atoms. The summed E-state index contributed by atoms with van der Waals surface area (Å²) in [5, 5.41) is 11.2. The number of phenolic OH excluding ortho intramolecular Hbond substituents is 1. The molecule has 1 aromatic heterocycles. The van der Waals surface area contributed by atoms with Crippen LogP contribution in [-0.4, -0.2) is 27.9 Å². The normalized spacial score (nSPS) is 14.4. The molecule has 0 spiro atoms. The van der Waals surface area contributed by atoms with Gasteiger partial charge in [-0.05, 0) is 28.9 Å². The van der Waals surface area contributed by atoms with Gasteiger partial charge in [0.2, 0.25) is 0 Å². The summed E-state index contributed by atoms with van der Waals surface area (Å²) in [5.41, 5.74) is 4.38. The summed E-state index contributed by atoms with van der Waals surface area (Å²) < 4.78 is 13.9. The molecule has 32 heavy (non-hydrogen) atoms. The zero-order valence-corrected chi connectivity index (χ0v) is 20.7. The monoisotopic (exact) mass is 436 g/mol. The Bertz CT molecular complexity index is 1130. The Labute approximate surface area is 191 Å². The second-order valence-corrected chi connectivity index (χ2v) is 11.3. The van der Waals surface area contributed by atoms with Crippen molar-refractivity contribution in [1.82, 2.24) is 9.55 Å². The van der Waals surface area contributed by atoms with Gasteiger partial charge in [0.15, 0.2) is 11.5 Å². The van der Waals surface area contributed by atoms with Crippen molar-refractivity contribution in [3.05, 3.63) is 41.2 Å². The van der Waals surface area contributed by atoms with Gasteiger partial charge in [-0.2, -0.15) is 0 Å². The van der Waals surface area contributed by atoms with E-state index in [0.29, 0.717) is 24.9 Å². The lowest BCUT2D eigenvalue weighted by Crippen LogP contribution is -2.18. The van der Waals surface area contributed by atoms with Gasteiger partial charge < -0.3 is 14.6 Å². The van der Waals surface area contributed by atoms with Crippen molar-refractivity contribution in [2.45, 2.75) is 72.6 Å². The minimum absolute atomic E-state index is 0.204. The summed E-state index contributed by atoms with van der Waals surface area (Å²) >= 11 is 0. The lowest BCUT2D eigenvalue weighted by atomic mass is 9.79. The molecule has 0 unspecified atom stereocenters. The Hall–Kier alpha value is -2.69. The number of benzene rings is 2. The van der Waals surface area contributed by atoms with E-state index in [1.807, 2.05) is 12.1 Å². The van der Waals surface area contributed by atoms with Gasteiger partial charge in [-0.25, -0.2) is 4.98 Å². The highest BCUT2D eigenvalue weighted by atomic mass is 16.6. The first kappa shape index (κ1) is 22.5. The molecular weight excluding hydrogens is 400 g/mol. The Kier molecular flexibility index (Phi) is 5.43. The number of imidazole rings is 1. The van der Waals surface area contributed by atoms with Crippen LogP contribution >= 0.6 is 0 Å². The molecule has 0 radical (unpaired) electrons. The van der Waals surface area contributed by atoms with Gasteiger partial charge >= 0.3 is 0 Å². The fourth-order valence-electron chi connectivity index (χ4n) is 4.35. The molecule has 0 saturated carbocycles. The fraction of sp³-hybridized carbons (Fsp3) is 0.519. The van der Waals surface area contributed by atoms with Gasteiger partial charge in [0, 0.05) is 35.4 Å². The number of phenols is 1.